The zero-order valence-electron chi connectivity index (χ0n) is 9.21. The highest BCUT2D eigenvalue weighted by atomic mass is 15.1. The Morgan fingerprint density at radius 2 is 1.86 bits per heavy atom. The summed E-state index contributed by atoms with van der Waals surface area (Å²) >= 11 is 0. The van der Waals surface area contributed by atoms with Crippen LogP contribution in [0.3, 0.4) is 0 Å². The highest BCUT2D eigenvalue weighted by Crippen LogP contribution is 2.17. The minimum atomic E-state index is 1.15. The van der Waals surface area contributed by atoms with Crippen molar-refractivity contribution in [2.75, 3.05) is 13.1 Å². The Bertz CT molecular complexity index is 311. The molecule has 0 atom stereocenters. The maximum atomic E-state index is 2.56. The van der Waals surface area contributed by atoms with E-state index in [1.165, 1.54) is 42.6 Å². The van der Waals surface area contributed by atoms with E-state index in [-0.39, 0.29) is 0 Å². The Morgan fingerprint density at radius 1 is 1.14 bits per heavy atom. The maximum absolute atomic E-state index is 2.56. The van der Waals surface area contributed by atoms with Crippen LogP contribution < -0.4 is 0 Å². The van der Waals surface area contributed by atoms with Crippen molar-refractivity contribution in [2.45, 2.75) is 33.2 Å². The van der Waals surface area contributed by atoms with Crippen LogP contribution in [0.25, 0.3) is 0 Å². The van der Waals surface area contributed by atoms with Crippen LogP contribution in [0.2, 0.25) is 0 Å². The lowest BCUT2D eigenvalue weighted by molar-refractivity contribution is 0.330. The van der Waals surface area contributed by atoms with Gasteiger partial charge in [0.15, 0.2) is 0 Å². The molecule has 1 fully saturated rings. The fourth-order valence-electron chi connectivity index (χ4n) is 2.16. The lowest BCUT2D eigenvalue weighted by atomic mass is 10.0. The van der Waals surface area contributed by atoms with Gasteiger partial charge in [-0.3, -0.25) is 4.90 Å². The zero-order chi connectivity index (χ0) is 9.97. The average Bonchev–Trinajstić information content (AvgIpc) is 2.66. The van der Waals surface area contributed by atoms with Gasteiger partial charge in [0, 0.05) is 6.54 Å². The van der Waals surface area contributed by atoms with Crippen molar-refractivity contribution in [1.29, 1.82) is 0 Å². The molecule has 14 heavy (non-hydrogen) atoms. The molecule has 1 aromatic carbocycles. The van der Waals surface area contributed by atoms with E-state index in [9.17, 15) is 0 Å². The second-order valence-corrected chi connectivity index (χ2v) is 4.34. The van der Waals surface area contributed by atoms with Crippen molar-refractivity contribution in [3.8, 4) is 0 Å². The second kappa shape index (κ2) is 4.14. The van der Waals surface area contributed by atoms with Crippen LogP contribution in [-0.2, 0) is 6.54 Å². The van der Waals surface area contributed by atoms with Crippen LogP contribution in [0.5, 0.6) is 0 Å². The Hall–Kier alpha value is -0.820. The topological polar surface area (TPSA) is 3.24 Å². The van der Waals surface area contributed by atoms with Crippen LogP contribution >= 0.6 is 0 Å². The van der Waals surface area contributed by atoms with Crippen LogP contribution in [0, 0.1) is 13.8 Å². The summed E-state index contributed by atoms with van der Waals surface area (Å²) in [6.07, 6.45) is 2.76. The molecule has 2 rings (SSSR count). The predicted molar refractivity (Wildman–Crippen MR) is 60.4 cm³/mol. The molecule has 0 spiro atoms. The molecular formula is C13H19N. The van der Waals surface area contributed by atoms with Crippen molar-refractivity contribution >= 4 is 0 Å². The number of hydrogen-bond acceptors (Lipinski definition) is 1. The molecule has 0 aliphatic carbocycles. The van der Waals surface area contributed by atoms with E-state index in [0.29, 0.717) is 0 Å². The molecule has 1 heteroatoms. The van der Waals surface area contributed by atoms with Crippen molar-refractivity contribution in [3.63, 3.8) is 0 Å². The summed E-state index contributed by atoms with van der Waals surface area (Å²) in [7, 11) is 0. The van der Waals surface area contributed by atoms with E-state index < -0.39 is 0 Å². The summed E-state index contributed by atoms with van der Waals surface area (Å²) < 4.78 is 0. The summed E-state index contributed by atoms with van der Waals surface area (Å²) in [5, 5.41) is 0. The molecular weight excluding hydrogens is 170 g/mol. The molecule has 1 nitrogen and oxygen atoms in total. The van der Waals surface area contributed by atoms with Gasteiger partial charge in [0.05, 0.1) is 0 Å². The standard InChI is InChI=1S/C13H19N/c1-11-6-5-7-13(12(11)2)10-14-8-3-4-9-14/h5-7H,3-4,8-10H2,1-2H3. The summed E-state index contributed by atoms with van der Waals surface area (Å²) in [4.78, 5) is 2.56. The maximum Gasteiger partial charge on any atom is 0.0236 e. The third-order valence-corrected chi connectivity index (χ3v) is 3.31. The van der Waals surface area contributed by atoms with Gasteiger partial charge in [-0.15, -0.1) is 0 Å². The zero-order valence-corrected chi connectivity index (χ0v) is 9.21. The van der Waals surface area contributed by atoms with Crippen LogP contribution in [-0.4, -0.2) is 18.0 Å². The van der Waals surface area contributed by atoms with Crippen LogP contribution in [0.15, 0.2) is 18.2 Å². The number of aryl methyl sites for hydroxylation is 1. The first-order valence-corrected chi connectivity index (χ1v) is 5.55. The summed E-state index contributed by atoms with van der Waals surface area (Å²) in [5.41, 5.74) is 4.40. The third-order valence-electron chi connectivity index (χ3n) is 3.31. The van der Waals surface area contributed by atoms with Crippen molar-refractivity contribution < 1.29 is 0 Å². The first-order chi connectivity index (χ1) is 6.77. The quantitative estimate of drug-likeness (QED) is 0.691. The van der Waals surface area contributed by atoms with E-state index in [0.717, 1.165) is 6.54 Å². The Labute approximate surface area is 86.7 Å². The van der Waals surface area contributed by atoms with Crippen molar-refractivity contribution in [2.24, 2.45) is 0 Å². The molecule has 0 bridgehead atoms. The van der Waals surface area contributed by atoms with Gasteiger partial charge in [0.2, 0.25) is 0 Å². The first-order valence-electron chi connectivity index (χ1n) is 5.55. The van der Waals surface area contributed by atoms with E-state index in [4.69, 9.17) is 0 Å². The second-order valence-electron chi connectivity index (χ2n) is 4.34. The lowest BCUT2D eigenvalue weighted by Gasteiger charge is -2.17. The number of benzene rings is 1. The fourth-order valence-corrected chi connectivity index (χ4v) is 2.16. The van der Waals surface area contributed by atoms with Crippen molar-refractivity contribution in [1.82, 2.24) is 4.90 Å². The Morgan fingerprint density at radius 3 is 2.57 bits per heavy atom. The lowest BCUT2D eigenvalue weighted by Crippen LogP contribution is -2.19. The third kappa shape index (κ3) is 1.98. The Balaban J connectivity index is 2.11. The summed E-state index contributed by atoms with van der Waals surface area (Å²) in [6.45, 7) is 8.15. The van der Waals surface area contributed by atoms with Gasteiger partial charge in [0.25, 0.3) is 0 Å². The highest BCUT2D eigenvalue weighted by Gasteiger charge is 2.12. The molecule has 0 radical (unpaired) electrons. The minimum Gasteiger partial charge on any atom is -0.299 e. The average molecular weight is 189 g/mol. The van der Waals surface area contributed by atoms with E-state index in [1.807, 2.05) is 0 Å². The minimum absolute atomic E-state index is 1.15. The SMILES string of the molecule is Cc1cccc(CN2CCCC2)c1C. The van der Waals surface area contributed by atoms with Crippen molar-refractivity contribution in [3.05, 3.63) is 34.9 Å². The molecule has 0 unspecified atom stereocenters. The number of likely N-dealkylation sites (tertiary alicyclic amines) is 1. The fraction of sp³-hybridized carbons (Fsp3) is 0.538. The molecule has 0 amide bonds. The predicted octanol–water partition coefficient (Wildman–Crippen LogP) is 2.90. The molecule has 1 aromatic rings. The van der Waals surface area contributed by atoms with E-state index in [1.54, 1.807) is 0 Å². The smallest absolute Gasteiger partial charge is 0.0236 e. The molecule has 0 N–H and O–H groups in total. The van der Waals surface area contributed by atoms with Gasteiger partial charge in [-0.25, -0.2) is 0 Å². The summed E-state index contributed by atoms with van der Waals surface area (Å²) in [6, 6.07) is 6.64. The van der Waals surface area contributed by atoms with Gasteiger partial charge in [0.1, 0.15) is 0 Å². The summed E-state index contributed by atoms with van der Waals surface area (Å²) in [5.74, 6) is 0. The largest absolute Gasteiger partial charge is 0.299 e. The van der Waals surface area contributed by atoms with E-state index in [2.05, 4.69) is 36.9 Å². The van der Waals surface area contributed by atoms with Gasteiger partial charge >= 0.3 is 0 Å². The molecule has 1 aliphatic heterocycles. The molecule has 1 aliphatic rings. The number of rotatable bonds is 2. The monoisotopic (exact) mass is 189 g/mol. The Kier molecular flexibility index (Phi) is 2.87. The van der Waals surface area contributed by atoms with Crippen LogP contribution in [0.4, 0.5) is 0 Å². The van der Waals surface area contributed by atoms with Gasteiger partial charge in [-0.2, -0.15) is 0 Å². The molecule has 1 saturated heterocycles. The number of nitrogens with zero attached hydrogens (tertiary/aromatic N) is 1. The van der Waals surface area contributed by atoms with Gasteiger partial charge in [-0.1, -0.05) is 18.2 Å². The molecule has 0 aromatic heterocycles. The first kappa shape index (κ1) is 9.72. The molecule has 1 heterocycles. The molecule has 76 valence electrons. The van der Waals surface area contributed by atoms with Gasteiger partial charge < -0.3 is 0 Å². The molecule has 0 saturated carbocycles. The van der Waals surface area contributed by atoms with Gasteiger partial charge in [-0.05, 0) is 56.5 Å². The number of hydrogen-bond donors (Lipinski definition) is 0. The highest BCUT2D eigenvalue weighted by molar-refractivity contribution is 5.33. The van der Waals surface area contributed by atoms with Crippen LogP contribution in [0.1, 0.15) is 29.5 Å². The normalized spacial score (nSPS) is 17.6. The van der Waals surface area contributed by atoms with E-state index >= 15 is 0 Å².